The van der Waals surface area contributed by atoms with Crippen LogP contribution >= 0.6 is 15.9 Å². The number of carbonyl (C=O) groups excluding carboxylic acids is 2. The van der Waals surface area contributed by atoms with Gasteiger partial charge in [-0.05, 0) is 41.0 Å². The van der Waals surface area contributed by atoms with Crippen LogP contribution in [0.1, 0.15) is 12.8 Å². The Morgan fingerprint density at radius 3 is 2.67 bits per heavy atom. The van der Waals surface area contributed by atoms with E-state index in [2.05, 4.69) is 26.6 Å². The lowest BCUT2D eigenvalue weighted by atomic mass is 10.3. The molecule has 2 amide bonds. The van der Waals surface area contributed by atoms with Crippen molar-refractivity contribution in [2.24, 2.45) is 5.73 Å². The summed E-state index contributed by atoms with van der Waals surface area (Å²) >= 11 is 3.35. The minimum atomic E-state index is -0.325. The van der Waals surface area contributed by atoms with Crippen LogP contribution in [0.3, 0.4) is 0 Å². The standard InChI is InChI=1S/C12H16BrN3O2/c13-9-4-1-2-5-10(9)16-12(18)8-15-7-3-6-11(14)17/h1-2,4-5,15H,3,6-8H2,(H2,14,17)(H,16,18). The van der Waals surface area contributed by atoms with Crippen LogP contribution in [-0.2, 0) is 9.59 Å². The Morgan fingerprint density at radius 1 is 1.28 bits per heavy atom. The molecule has 18 heavy (non-hydrogen) atoms. The maximum atomic E-state index is 11.6. The quantitative estimate of drug-likeness (QED) is 0.662. The second-order valence-electron chi connectivity index (χ2n) is 3.77. The van der Waals surface area contributed by atoms with Crippen LogP contribution in [0.15, 0.2) is 28.7 Å². The summed E-state index contributed by atoms with van der Waals surface area (Å²) in [7, 11) is 0. The predicted octanol–water partition coefficient (Wildman–Crippen LogP) is 1.24. The minimum Gasteiger partial charge on any atom is -0.370 e. The van der Waals surface area contributed by atoms with E-state index in [1.54, 1.807) is 0 Å². The van der Waals surface area contributed by atoms with Gasteiger partial charge in [0.1, 0.15) is 0 Å². The third kappa shape index (κ3) is 5.79. The zero-order chi connectivity index (χ0) is 13.4. The number of hydrogen-bond acceptors (Lipinski definition) is 3. The molecule has 0 aliphatic carbocycles. The first-order chi connectivity index (χ1) is 8.59. The Labute approximate surface area is 114 Å². The van der Waals surface area contributed by atoms with E-state index in [4.69, 9.17) is 5.73 Å². The van der Waals surface area contributed by atoms with E-state index in [-0.39, 0.29) is 18.4 Å². The topological polar surface area (TPSA) is 84.2 Å². The van der Waals surface area contributed by atoms with Gasteiger partial charge in [0.2, 0.25) is 11.8 Å². The highest BCUT2D eigenvalue weighted by Gasteiger charge is 2.04. The summed E-state index contributed by atoms with van der Waals surface area (Å²) in [6.07, 6.45) is 0.969. The van der Waals surface area contributed by atoms with Crippen LogP contribution in [0, 0.1) is 0 Å². The molecule has 0 saturated heterocycles. The molecule has 0 heterocycles. The van der Waals surface area contributed by atoms with Gasteiger partial charge in [-0.15, -0.1) is 0 Å². The van der Waals surface area contributed by atoms with Gasteiger partial charge >= 0.3 is 0 Å². The van der Waals surface area contributed by atoms with Gasteiger partial charge in [0, 0.05) is 10.9 Å². The molecular weight excluding hydrogens is 298 g/mol. The molecule has 0 aromatic heterocycles. The molecule has 0 saturated carbocycles. The average Bonchev–Trinajstić information content (AvgIpc) is 2.31. The van der Waals surface area contributed by atoms with Crippen LogP contribution in [0.2, 0.25) is 0 Å². The van der Waals surface area contributed by atoms with Crippen LogP contribution < -0.4 is 16.4 Å². The normalized spacial score (nSPS) is 10.1. The smallest absolute Gasteiger partial charge is 0.238 e. The van der Waals surface area contributed by atoms with Crippen LogP contribution in [0.5, 0.6) is 0 Å². The molecule has 0 bridgehead atoms. The molecule has 0 atom stereocenters. The van der Waals surface area contributed by atoms with Crippen molar-refractivity contribution in [2.75, 3.05) is 18.4 Å². The summed E-state index contributed by atoms with van der Waals surface area (Å²) in [4.78, 5) is 22.1. The fourth-order valence-corrected chi connectivity index (χ4v) is 1.73. The van der Waals surface area contributed by atoms with Crippen LogP contribution in [-0.4, -0.2) is 24.9 Å². The van der Waals surface area contributed by atoms with Crippen molar-refractivity contribution in [3.05, 3.63) is 28.7 Å². The molecule has 0 spiro atoms. The Morgan fingerprint density at radius 2 is 2.00 bits per heavy atom. The van der Waals surface area contributed by atoms with Crippen molar-refractivity contribution in [3.63, 3.8) is 0 Å². The van der Waals surface area contributed by atoms with E-state index in [9.17, 15) is 9.59 Å². The van der Waals surface area contributed by atoms with Crippen molar-refractivity contribution in [1.82, 2.24) is 5.32 Å². The number of nitrogens with two attached hydrogens (primary N) is 1. The van der Waals surface area contributed by atoms with Crippen LogP contribution in [0.25, 0.3) is 0 Å². The molecule has 1 aromatic carbocycles. The number of anilines is 1. The van der Waals surface area contributed by atoms with E-state index in [1.165, 1.54) is 0 Å². The number of amides is 2. The van der Waals surface area contributed by atoms with E-state index < -0.39 is 0 Å². The third-order valence-corrected chi connectivity index (χ3v) is 2.90. The third-order valence-electron chi connectivity index (χ3n) is 2.21. The number of hydrogen-bond donors (Lipinski definition) is 3. The lowest BCUT2D eigenvalue weighted by Gasteiger charge is -2.07. The first kappa shape index (κ1) is 14.7. The van der Waals surface area contributed by atoms with E-state index in [0.717, 1.165) is 10.2 Å². The number of carbonyl (C=O) groups is 2. The van der Waals surface area contributed by atoms with Gasteiger partial charge in [-0.3, -0.25) is 9.59 Å². The SMILES string of the molecule is NC(=O)CCCNCC(=O)Nc1ccccc1Br. The summed E-state index contributed by atoms with van der Waals surface area (Å²) in [5, 5.41) is 5.72. The van der Waals surface area contributed by atoms with E-state index in [1.807, 2.05) is 24.3 Å². The first-order valence-electron chi connectivity index (χ1n) is 5.63. The number of halogens is 1. The summed E-state index contributed by atoms with van der Waals surface area (Å²) in [6, 6.07) is 7.40. The average molecular weight is 314 g/mol. The second kappa shape index (κ2) is 7.84. The fraction of sp³-hybridized carbons (Fsp3) is 0.333. The number of nitrogens with one attached hydrogen (secondary N) is 2. The summed E-state index contributed by atoms with van der Waals surface area (Å²) in [5.41, 5.74) is 5.74. The van der Waals surface area contributed by atoms with Gasteiger partial charge in [-0.25, -0.2) is 0 Å². The predicted molar refractivity (Wildman–Crippen MR) is 74.1 cm³/mol. The van der Waals surface area contributed by atoms with Gasteiger partial charge in [0.25, 0.3) is 0 Å². The first-order valence-corrected chi connectivity index (χ1v) is 6.42. The van der Waals surface area contributed by atoms with Crippen LogP contribution in [0.4, 0.5) is 5.69 Å². The molecule has 0 unspecified atom stereocenters. The van der Waals surface area contributed by atoms with E-state index >= 15 is 0 Å². The summed E-state index contributed by atoms with van der Waals surface area (Å²) < 4.78 is 0.840. The zero-order valence-corrected chi connectivity index (χ0v) is 11.5. The Balaban J connectivity index is 2.22. The lowest BCUT2D eigenvalue weighted by molar-refractivity contribution is -0.118. The van der Waals surface area contributed by atoms with Crippen molar-refractivity contribution in [3.8, 4) is 0 Å². The summed E-state index contributed by atoms with van der Waals surface area (Å²) in [6.45, 7) is 0.798. The monoisotopic (exact) mass is 313 g/mol. The molecule has 6 heteroatoms. The van der Waals surface area contributed by atoms with Gasteiger partial charge in [-0.2, -0.15) is 0 Å². The Kier molecular flexibility index (Phi) is 6.38. The summed E-state index contributed by atoms with van der Waals surface area (Å²) in [5.74, 6) is -0.449. The second-order valence-corrected chi connectivity index (χ2v) is 4.63. The molecular formula is C12H16BrN3O2. The lowest BCUT2D eigenvalue weighted by Crippen LogP contribution is -2.29. The molecule has 0 fully saturated rings. The number of para-hydroxylation sites is 1. The minimum absolute atomic E-state index is 0.124. The van der Waals surface area contributed by atoms with Gasteiger partial charge in [0.05, 0.1) is 12.2 Å². The maximum Gasteiger partial charge on any atom is 0.238 e. The maximum absolute atomic E-state index is 11.6. The molecule has 98 valence electrons. The van der Waals surface area contributed by atoms with Gasteiger partial charge in [-0.1, -0.05) is 12.1 Å². The molecule has 5 nitrogen and oxygen atoms in total. The van der Waals surface area contributed by atoms with Gasteiger partial charge < -0.3 is 16.4 Å². The Bertz CT molecular complexity index is 424. The Hall–Kier alpha value is -1.40. The van der Waals surface area contributed by atoms with Crippen molar-refractivity contribution in [1.29, 1.82) is 0 Å². The highest BCUT2D eigenvalue weighted by Crippen LogP contribution is 2.20. The molecule has 1 rings (SSSR count). The van der Waals surface area contributed by atoms with E-state index in [0.29, 0.717) is 19.4 Å². The van der Waals surface area contributed by atoms with Crippen molar-refractivity contribution >= 4 is 33.4 Å². The largest absolute Gasteiger partial charge is 0.370 e. The number of rotatable bonds is 7. The molecule has 0 aliphatic heterocycles. The highest BCUT2D eigenvalue weighted by molar-refractivity contribution is 9.10. The van der Waals surface area contributed by atoms with Crippen molar-refractivity contribution < 1.29 is 9.59 Å². The molecule has 0 aliphatic rings. The zero-order valence-electron chi connectivity index (χ0n) is 9.91. The highest BCUT2D eigenvalue weighted by atomic mass is 79.9. The molecule has 1 aromatic rings. The molecule has 4 N–H and O–H groups in total. The number of benzene rings is 1. The van der Waals surface area contributed by atoms with Crippen molar-refractivity contribution in [2.45, 2.75) is 12.8 Å². The van der Waals surface area contributed by atoms with Gasteiger partial charge in [0.15, 0.2) is 0 Å². The fourth-order valence-electron chi connectivity index (χ4n) is 1.35. The number of primary amides is 1. The molecule has 0 radical (unpaired) electrons.